The van der Waals surface area contributed by atoms with Crippen LogP contribution < -0.4 is 5.73 Å². The molecule has 7 nitrogen and oxygen atoms in total. The van der Waals surface area contributed by atoms with Crippen molar-refractivity contribution in [3.05, 3.63) is 39.7 Å². The van der Waals surface area contributed by atoms with Crippen molar-refractivity contribution in [2.24, 2.45) is 5.73 Å². The molecule has 0 aliphatic carbocycles. The second-order valence-electron chi connectivity index (χ2n) is 4.39. The van der Waals surface area contributed by atoms with E-state index in [9.17, 15) is 18.9 Å². The average Bonchev–Trinajstić information content (AvgIpc) is 2.91. The van der Waals surface area contributed by atoms with Gasteiger partial charge in [-0.1, -0.05) is 18.5 Å². The van der Waals surface area contributed by atoms with E-state index in [1.165, 1.54) is 0 Å². The summed E-state index contributed by atoms with van der Waals surface area (Å²) in [6, 6.07) is 0.633. The molecule has 0 radical (unpaired) electrons. The highest BCUT2D eigenvalue weighted by Crippen LogP contribution is 2.31. The van der Waals surface area contributed by atoms with Crippen LogP contribution in [0.1, 0.15) is 31.6 Å². The highest BCUT2D eigenvalue weighted by molar-refractivity contribution is 5.66. The van der Waals surface area contributed by atoms with Gasteiger partial charge in [-0.3, -0.25) is 10.1 Å². The number of rotatable bonds is 5. The van der Waals surface area contributed by atoms with Crippen LogP contribution in [0, 0.1) is 21.7 Å². The van der Waals surface area contributed by atoms with Crippen molar-refractivity contribution in [2.75, 3.05) is 0 Å². The molecule has 0 spiro atoms. The predicted molar refractivity (Wildman–Crippen MR) is 68.1 cm³/mol. The highest BCUT2D eigenvalue weighted by atomic mass is 19.2. The van der Waals surface area contributed by atoms with Gasteiger partial charge in [-0.25, -0.2) is 8.78 Å². The molecule has 0 saturated carbocycles. The second-order valence-corrected chi connectivity index (χ2v) is 4.39. The lowest BCUT2D eigenvalue weighted by molar-refractivity contribution is -0.384. The smallest absolute Gasteiger partial charge is 0.285 e. The molecular weight excluding hydrogens is 286 g/mol. The maximum Gasteiger partial charge on any atom is 0.285 e. The zero-order chi connectivity index (χ0) is 15.6. The first-order valence-electron chi connectivity index (χ1n) is 6.17. The molecule has 1 heterocycles. The van der Waals surface area contributed by atoms with Crippen LogP contribution in [0.3, 0.4) is 0 Å². The normalized spacial score (nSPS) is 12.4. The van der Waals surface area contributed by atoms with Crippen LogP contribution >= 0.6 is 0 Å². The lowest BCUT2D eigenvalue weighted by Gasteiger charge is -2.02. The SMILES string of the molecule is CCCC(N)c1noc(-c2cc(F)c(F)cc2[N+](=O)[O-])n1. The minimum Gasteiger partial charge on any atom is -0.334 e. The maximum atomic E-state index is 13.3. The fourth-order valence-electron chi connectivity index (χ4n) is 1.79. The number of nitrogens with zero attached hydrogens (tertiary/aromatic N) is 3. The van der Waals surface area contributed by atoms with Crippen LogP contribution in [0.25, 0.3) is 11.5 Å². The van der Waals surface area contributed by atoms with Crippen molar-refractivity contribution in [2.45, 2.75) is 25.8 Å². The van der Waals surface area contributed by atoms with E-state index in [4.69, 9.17) is 10.3 Å². The van der Waals surface area contributed by atoms with Gasteiger partial charge in [0.25, 0.3) is 11.6 Å². The topological polar surface area (TPSA) is 108 Å². The van der Waals surface area contributed by atoms with Crippen molar-refractivity contribution >= 4 is 5.69 Å². The van der Waals surface area contributed by atoms with E-state index in [1.807, 2.05) is 6.92 Å². The Morgan fingerprint density at radius 2 is 2.10 bits per heavy atom. The fraction of sp³-hybridized carbons (Fsp3) is 0.333. The van der Waals surface area contributed by atoms with Crippen molar-refractivity contribution in [1.29, 1.82) is 0 Å². The second kappa shape index (κ2) is 5.92. The van der Waals surface area contributed by atoms with Crippen LogP contribution in [0.15, 0.2) is 16.7 Å². The Morgan fingerprint density at radius 1 is 1.43 bits per heavy atom. The summed E-state index contributed by atoms with van der Waals surface area (Å²) in [6.45, 7) is 1.92. The fourth-order valence-corrected chi connectivity index (χ4v) is 1.79. The summed E-state index contributed by atoms with van der Waals surface area (Å²) in [7, 11) is 0. The number of nitro groups is 1. The number of hydrogen-bond donors (Lipinski definition) is 1. The standard InChI is InChI=1S/C12H12F2N4O3/c1-2-3-9(15)11-16-12(21-17-11)6-4-7(13)8(14)5-10(6)18(19)20/h4-5,9H,2-3,15H2,1H3. The first kappa shape index (κ1) is 15.0. The van der Waals surface area contributed by atoms with Gasteiger partial charge in [0.1, 0.15) is 5.56 Å². The number of benzene rings is 1. The Labute approximate surface area is 117 Å². The summed E-state index contributed by atoms with van der Waals surface area (Å²) in [5, 5.41) is 14.5. The summed E-state index contributed by atoms with van der Waals surface area (Å²) in [6.07, 6.45) is 1.38. The van der Waals surface area contributed by atoms with Crippen LogP contribution in [0.4, 0.5) is 14.5 Å². The average molecular weight is 298 g/mol. The van der Waals surface area contributed by atoms with Gasteiger partial charge in [0.15, 0.2) is 17.5 Å². The lowest BCUT2D eigenvalue weighted by Crippen LogP contribution is -2.11. The van der Waals surface area contributed by atoms with E-state index in [0.717, 1.165) is 6.42 Å². The third kappa shape index (κ3) is 3.02. The number of aromatic nitrogens is 2. The molecule has 0 aliphatic rings. The molecule has 0 aliphatic heterocycles. The summed E-state index contributed by atoms with van der Waals surface area (Å²) < 4.78 is 31.3. The molecule has 0 fully saturated rings. The molecule has 1 aromatic carbocycles. The minimum absolute atomic E-state index is 0.158. The van der Waals surface area contributed by atoms with Gasteiger partial charge >= 0.3 is 0 Å². The van der Waals surface area contributed by atoms with Crippen molar-refractivity contribution in [3.63, 3.8) is 0 Å². The lowest BCUT2D eigenvalue weighted by atomic mass is 10.1. The molecule has 21 heavy (non-hydrogen) atoms. The van der Waals surface area contributed by atoms with Crippen LogP contribution in [-0.4, -0.2) is 15.1 Å². The molecule has 112 valence electrons. The zero-order valence-electron chi connectivity index (χ0n) is 11.0. The Hall–Kier alpha value is -2.42. The minimum atomic E-state index is -1.33. The monoisotopic (exact) mass is 298 g/mol. The van der Waals surface area contributed by atoms with E-state index in [2.05, 4.69) is 10.1 Å². The van der Waals surface area contributed by atoms with Crippen LogP contribution in [0.5, 0.6) is 0 Å². The molecule has 2 N–H and O–H groups in total. The summed E-state index contributed by atoms with van der Waals surface area (Å²) >= 11 is 0. The van der Waals surface area contributed by atoms with Gasteiger partial charge in [-0.15, -0.1) is 0 Å². The number of halogens is 2. The van der Waals surface area contributed by atoms with Crippen molar-refractivity contribution in [1.82, 2.24) is 10.1 Å². The van der Waals surface area contributed by atoms with Crippen LogP contribution in [-0.2, 0) is 0 Å². The van der Waals surface area contributed by atoms with Crippen molar-refractivity contribution < 1.29 is 18.2 Å². The molecule has 0 amide bonds. The largest absolute Gasteiger partial charge is 0.334 e. The number of hydrogen-bond acceptors (Lipinski definition) is 6. The summed E-state index contributed by atoms with van der Waals surface area (Å²) in [5.41, 5.74) is 4.85. The Kier molecular flexibility index (Phi) is 4.22. The van der Waals surface area contributed by atoms with E-state index in [1.54, 1.807) is 0 Å². The van der Waals surface area contributed by atoms with E-state index in [0.29, 0.717) is 18.6 Å². The zero-order valence-corrected chi connectivity index (χ0v) is 11.0. The third-order valence-corrected chi connectivity index (χ3v) is 2.84. The summed E-state index contributed by atoms with van der Waals surface area (Å²) in [5.74, 6) is -2.69. The molecule has 2 aromatic rings. The molecule has 0 saturated heterocycles. The maximum absolute atomic E-state index is 13.3. The molecular formula is C12H12F2N4O3. The molecule has 1 aromatic heterocycles. The third-order valence-electron chi connectivity index (χ3n) is 2.84. The predicted octanol–water partition coefficient (Wildman–Crippen LogP) is 2.72. The Bertz CT molecular complexity index is 675. The quantitative estimate of drug-likeness (QED) is 0.671. The number of nitro benzene ring substituents is 1. The molecule has 1 unspecified atom stereocenters. The van der Waals surface area contributed by atoms with E-state index < -0.39 is 28.3 Å². The molecule has 9 heteroatoms. The number of nitrogens with two attached hydrogens (primary N) is 1. The van der Waals surface area contributed by atoms with Gasteiger partial charge in [-0.05, 0) is 12.5 Å². The van der Waals surface area contributed by atoms with Crippen molar-refractivity contribution in [3.8, 4) is 11.5 Å². The van der Waals surface area contributed by atoms with Gasteiger partial charge < -0.3 is 10.3 Å². The Morgan fingerprint density at radius 3 is 2.71 bits per heavy atom. The molecule has 0 bridgehead atoms. The first-order valence-corrected chi connectivity index (χ1v) is 6.17. The first-order chi connectivity index (χ1) is 9.93. The Balaban J connectivity index is 2.47. The molecule has 2 rings (SSSR count). The van der Waals surface area contributed by atoms with Gasteiger partial charge in [0.05, 0.1) is 17.0 Å². The van der Waals surface area contributed by atoms with Crippen LogP contribution in [0.2, 0.25) is 0 Å². The highest BCUT2D eigenvalue weighted by Gasteiger charge is 2.25. The van der Waals surface area contributed by atoms with Gasteiger partial charge in [0.2, 0.25) is 0 Å². The van der Waals surface area contributed by atoms with E-state index >= 15 is 0 Å². The van der Waals surface area contributed by atoms with E-state index in [-0.39, 0.29) is 17.3 Å². The summed E-state index contributed by atoms with van der Waals surface area (Å²) in [4.78, 5) is 14.0. The van der Waals surface area contributed by atoms with Gasteiger partial charge in [-0.2, -0.15) is 4.98 Å². The van der Waals surface area contributed by atoms with Gasteiger partial charge in [0, 0.05) is 0 Å². The molecule has 1 atom stereocenters.